The number of carboxylic acid groups (broad SMARTS) is 2. The molecule has 0 radical (unpaired) electrons. The summed E-state index contributed by atoms with van der Waals surface area (Å²) in [6.07, 6.45) is -1.15. The first-order valence-electron chi connectivity index (χ1n) is 8.89. The van der Waals surface area contributed by atoms with Crippen LogP contribution in [0.25, 0.3) is 0 Å². The number of nitrogens with one attached hydrogen (secondary N) is 1. The lowest BCUT2D eigenvalue weighted by atomic mass is 9.60. The maximum atomic E-state index is 12.6. The second-order valence-corrected chi connectivity index (χ2v) is 7.23. The van der Waals surface area contributed by atoms with Gasteiger partial charge >= 0.3 is 11.9 Å². The van der Waals surface area contributed by atoms with Crippen LogP contribution in [0.15, 0.2) is 35.5 Å². The maximum Gasteiger partial charge on any atom is 0.334 e. The van der Waals surface area contributed by atoms with Gasteiger partial charge in [0.1, 0.15) is 0 Å². The molecule has 0 amide bonds. The molecule has 9 heteroatoms. The van der Waals surface area contributed by atoms with E-state index in [1.807, 2.05) is 6.07 Å². The molecule has 1 aliphatic rings. The Balaban J connectivity index is 2.90. The number of halogens is 1. The van der Waals surface area contributed by atoms with E-state index in [0.29, 0.717) is 10.6 Å². The first-order chi connectivity index (χ1) is 13.7. The van der Waals surface area contributed by atoms with E-state index < -0.39 is 35.6 Å². The van der Waals surface area contributed by atoms with Gasteiger partial charge in [0.25, 0.3) is 0 Å². The minimum atomic E-state index is -1.61. The summed E-state index contributed by atoms with van der Waals surface area (Å²) in [4.78, 5) is 24.9. The van der Waals surface area contributed by atoms with E-state index in [1.165, 1.54) is 14.2 Å². The monoisotopic (exact) mass is 422 g/mol. The van der Waals surface area contributed by atoms with E-state index in [1.54, 1.807) is 31.2 Å². The summed E-state index contributed by atoms with van der Waals surface area (Å²) in [6, 6.07) is 7.66. The van der Waals surface area contributed by atoms with Crippen LogP contribution < -0.4 is 5.32 Å². The molecule has 0 bridgehead atoms. The molecule has 0 aliphatic carbocycles. The van der Waals surface area contributed by atoms with Gasteiger partial charge in [0, 0.05) is 37.6 Å². The Bertz CT molecular complexity index is 861. The molecule has 0 aromatic heterocycles. The Labute approximate surface area is 173 Å². The van der Waals surface area contributed by atoms with Crippen LogP contribution in [0.2, 0.25) is 5.02 Å². The van der Waals surface area contributed by atoms with Gasteiger partial charge in [-0.15, -0.1) is 0 Å². The molecule has 0 saturated carbocycles. The van der Waals surface area contributed by atoms with Gasteiger partial charge in [-0.1, -0.05) is 23.7 Å². The first-order valence-corrected chi connectivity index (χ1v) is 9.27. The highest BCUT2D eigenvalue weighted by atomic mass is 35.5. The van der Waals surface area contributed by atoms with Crippen LogP contribution in [0.1, 0.15) is 31.2 Å². The smallest absolute Gasteiger partial charge is 0.334 e. The molecule has 3 unspecified atom stereocenters. The number of carbonyl (C=O) groups is 2. The first kappa shape index (κ1) is 22.7. The van der Waals surface area contributed by atoms with Crippen LogP contribution in [-0.2, 0) is 19.1 Å². The summed E-state index contributed by atoms with van der Waals surface area (Å²) in [5.41, 5.74) is -1.25. The van der Waals surface area contributed by atoms with Crippen molar-refractivity contribution in [1.82, 2.24) is 5.32 Å². The van der Waals surface area contributed by atoms with Crippen molar-refractivity contribution < 1.29 is 29.3 Å². The second kappa shape index (κ2) is 9.27. The van der Waals surface area contributed by atoms with E-state index in [9.17, 15) is 19.8 Å². The van der Waals surface area contributed by atoms with Crippen molar-refractivity contribution in [3.05, 3.63) is 46.1 Å². The van der Waals surface area contributed by atoms with Gasteiger partial charge in [-0.25, -0.2) is 4.79 Å². The molecule has 2 rings (SSSR count). The number of aliphatic carboxylic acids is 2. The van der Waals surface area contributed by atoms with E-state index in [4.69, 9.17) is 26.3 Å². The Kier molecular flexibility index (Phi) is 7.25. The number of benzene rings is 1. The van der Waals surface area contributed by atoms with E-state index in [0.717, 1.165) is 0 Å². The summed E-state index contributed by atoms with van der Waals surface area (Å²) in [6.45, 7) is 1.64. The molecule has 3 N–H and O–H groups in total. The number of hydrogen-bond donors (Lipinski definition) is 3. The van der Waals surface area contributed by atoms with E-state index >= 15 is 0 Å². The number of rotatable bonds is 8. The normalized spacial score (nSPS) is 24.1. The van der Waals surface area contributed by atoms with Crippen molar-refractivity contribution in [3.63, 3.8) is 0 Å². The molecule has 8 nitrogen and oxygen atoms in total. The van der Waals surface area contributed by atoms with Crippen LogP contribution in [-0.4, -0.2) is 48.7 Å². The maximum absolute atomic E-state index is 12.6. The summed E-state index contributed by atoms with van der Waals surface area (Å²) in [5, 5.41) is 32.8. The number of nitriles is 1. The van der Waals surface area contributed by atoms with Crippen molar-refractivity contribution >= 4 is 23.5 Å². The average molecular weight is 423 g/mol. The number of nitrogens with zero attached hydrogens (tertiary/aromatic N) is 1. The molecule has 1 aromatic carbocycles. The SMILES string of the molecule is COC(OC)C1=C(C(=O)O)C(c2cccc(Cl)c2)C(CCC#N)(C(=O)O)C(C)N1. The largest absolute Gasteiger partial charge is 0.481 e. The third-order valence-corrected chi connectivity index (χ3v) is 5.60. The Morgan fingerprint density at radius 2 is 2.00 bits per heavy atom. The molecule has 0 saturated heterocycles. The van der Waals surface area contributed by atoms with Gasteiger partial charge in [0.2, 0.25) is 0 Å². The third kappa shape index (κ3) is 4.08. The van der Waals surface area contributed by atoms with Crippen LogP contribution in [0, 0.1) is 16.7 Å². The van der Waals surface area contributed by atoms with Crippen LogP contribution in [0.4, 0.5) is 0 Å². The quantitative estimate of drug-likeness (QED) is 0.545. The Hall–Kier alpha value is -2.60. The zero-order valence-corrected chi connectivity index (χ0v) is 17.1. The van der Waals surface area contributed by atoms with Crippen molar-refractivity contribution in [2.24, 2.45) is 5.41 Å². The van der Waals surface area contributed by atoms with Crippen molar-refractivity contribution in [2.75, 3.05) is 14.2 Å². The highest BCUT2D eigenvalue weighted by Crippen LogP contribution is 2.51. The molecular formula is C20H23ClN2O6. The minimum absolute atomic E-state index is 0.0567. The molecule has 1 aromatic rings. The lowest BCUT2D eigenvalue weighted by Gasteiger charge is -2.47. The Morgan fingerprint density at radius 3 is 2.48 bits per heavy atom. The van der Waals surface area contributed by atoms with Crippen LogP contribution >= 0.6 is 11.6 Å². The van der Waals surface area contributed by atoms with E-state index in [2.05, 4.69) is 5.32 Å². The molecule has 1 aliphatic heterocycles. The number of ether oxygens (including phenoxy) is 2. The van der Waals surface area contributed by atoms with Gasteiger partial charge < -0.3 is 25.0 Å². The second-order valence-electron chi connectivity index (χ2n) is 6.79. The minimum Gasteiger partial charge on any atom is -0.481 e. The van der Waals surface area contributed by atoms with Crippen molar-refractivity contribution in [1.29, 1.82) is 5.26 Å². The summed E-state index contributed by atoms with van der Waals surface area (Å²) >= 11 is 6.13. The average Bonchev–Trinajstić information content (AvgIpc) is 2.67. The molecule has 156 valence electrons. The molecule has 3 atom stereocenters. The fraction of sp³-hybridized carbons (Fsp3) is 0.450. The molecule has 1 heterocycles. The molecule has 0 spiro atoms. The fourth-order valence-corrected chi connectivity index (χ4v) is 4.26. The van der Waals surface area contributed by atoms with E-state index in [-0.39, 0.29) is 24.1 Å². The van der Waals surface area contributed by atoms with Crippen LogP contribution in [0.3, 0.4) is 0 Å². The number of carboxylic acids is 2. The third-order valence-electron chi connectivity index (χ3n) is 5.36. The zero-order chi connectivity index (χ0) is 21.8. The van der Waals surface area contributed by atoms with Gasteiger partial charge in [-0.05, 0) is 31.0 Å². The predicted molar refractivity (Wildman–Crippen MR) is 104 cm³/mol. The van der Waals surface area contributed by atoms with Gasteiger partial charge in [0.05, 0.1) is 22.8 Å². The lowest BCUT2D eigenvalue weighted by Crippen LogP contribution is -2.58. The number of methoxy groups -OCH3 is 2. The fourth-order valence-electron chi connectivity index (χ4n) is 4.06. The Morgan fingerprint density at radius 1 is 1.34 bits per heavy atom. The van der Waals surface area contributed by atoms with Crippen molar-refractivity contribution in [3.8, 4) is 6.07 Å². The van der Waals surface area contributed by atoms with Crippen LogP contribution in [0.5, 0.6) is 0 Å². The molecular weight excluding hydrogens is 400 g/mol. The highest BCUT2D eigenvalue weighted by Gasteiger charge is 2.57. The molecule has 29 heavy (non-hydrogen) atoms. The van der Waals surface area contributed by atoms with Gasteiger partial charge in [-0.2, -0.15) is 5.26 Å². The standard InChI is InChI=1S/C20H23ClN2O6/c1-11-20(19(26)27,8-5-9-22)15(12-6-4-7-13(21)10-12)14(17(24)25)16(23-11)18(28-2)29-3/h4,6-7,10-11,15,18,23H,5,8H2,1-3H3,(H,24,25)(H,26,27). The highest BCUT2D eigenvalue weighted by molar-refractivity contribution is 6.30. The van der Waals surface area contributed by atoms with Gasteiger partial charge in [0.15, 0.2) is 6.29 Å². The predicted octanol–water partition coefficient (Wildman–Crippen LogP) is 2.75. The number of hydrogen-bond acceptors (Lipinski definition) is 6. The topological polar surface area (TPSA) is 129 Å². The summed E-state index contributed by atoms with van der Waals surface area (Å²) < 4.78 is 10.5. The van der Waals surface area contributed by atoms with Gasteiger partial charge in [-0.3, -0.25) is 4.79 Å². The zero-order valence-electron chi connectivity index (χ0n) is 16.3. The summed E-state index contributed by atoms with van der Waals surface area (Å²) in [7, 11) is 2.71. The lowest BCUT2D eigenvalue weighted by molar-refractivity contribution is -0.154. The molecule has 0 fully saturated rings. The summed E-state index contributed by atoms with van der Waals surface area (Å²) in [5.74, 6) is -3.61. The van der Waals surface area contributed by atoms with Crippen molar-refractivity contribution in [2.45, 2.75) is 38.0 Å².